The van der Waals surface area contributed by atoms with E-state index in [9.17, 15) is 5.26 Å². The Morgan fingerprint density at radius 1 is 0.606 bits per heavy atom. The summed E-state index contributed by atoms with van der Waals surface area (Å²) in [5.41, 5.74) is 17.3. The zero-order valence-electron chi connectivity index (χ0n) is 21.5. The molecule has 0 radical (unpaired) electrons. The molecule has 5 heteroatoms. The van der Waals surface area contributed by atoms with Crippen LogP contribution in [0.4, 0.5) is 0 Å². The number of thioether (sulfide) groups is 2. The third kappa shape index (κ3) is 4.76. The fourth-order valence-electron chi connectivity index (χ4n) is 4.42. The van der Waals surface area contributed by atoms with Crippen molar-refractivity contribution in [1.82, 2.24) is 4.37 Å². The predicted molar refractivity (Wildman–Crippen MR) is 146 cm³/mol. The summed E-state index contributed by atoms with van der Waals surface area (Å²) in [5.74, 6) is 1.71. The fraction of sp³-hybridized carbons (Fsp3) is 0.429. The van der Waals surface area contributed by atoms with E-state index in [1.54, 1.807) is 23.5 Å². The lowest BCUT2D eigenvalue weighted by molar-refractivity contribution is 1.11. The van der Waals surface area contributed by atoms with Crippen molar-refractivity contribution in [2.75, 3.05) is 0 Å². The molecule has 0 amide bonds. The molecule has 0 aliphatic heterocycles. The minimum Gasteiger partial charge on any atom is -0.192 e. The fourth-order valence-corrected chi connectivity index (χ4v) is 7.86. The van der Waals surface area contributed by atoms with Crippen LogP contribution < -0.4 is 0 Å². The van der Waals surface area contributed by atoms with Gasteiger partial charge in [-0.3, -0.25) is 0 Å². The Kier molecular flexibility index (Phi) is 8.04. The minimum absolute atomic E-state index is 0.738. The molecule has 0 spiro atoms. The lowest BCUT2D eigenvalue weighted by atomic mass is 9.90. The van der Waals surface area contributed by atoms with Gasteiger partial charge in [-0.1, -0.05) is 11.8 Å². The second-order valence-electron chi connectivity index (χ2n) is 9.05. The Hall–Kier alpha value is -1.74. The van der Waals surface area contributed by atoms with Crippen molar-refractivity contribution >= 4 is 35.1 Å². The van der Waals surface area contributed by atoms with Gasteiger partial charge in [0.25, 0.3) is 0 Å². The number of rotatable bonds is 6. The quantitative estimate of drug-likeness (QED) is 0.321. The molecule has 0 aliphatic carbocycles. The molecule has 2 nitrogen and oxygen atoms in total. The second kappa shape index (κ2) is 10.3. The van der Waals surface area contributed by atoms with Gasteiger partial charge in [0.15, 0.2) is 0 Å². The van der Waals surface area contributed by atoms with Crippen molar-refractivity contribution in [2.45, 2.75) is 90.0 Å². The van der Waals surface area contributed by atoms with Gasteiger partial charge in [-0.05, 0) is 148 Å². The van der Waals surface area contributed by atoms with E-state index in [-0.39, 0.29) is 0 Å². The first-order chi connectivity index (χ1) is 15.5. The van der Waals surface area contributed by atoms with E-state index in [1.807, 2.05) is 0 Å². The third-order valence-corrected chi connectivity index (χ3v) is 11.0. The average Bonchev–Trinajstić information content (AvgIpc) is 3.20. The molecular weight excluding hydrogens is 461 g/mol. The van der Waals surface area contributed by atoms with Crippen LogP contribution in [0.1, 0.15) is 72.3 Å². The van der Waals surface area contributed by atoms with Crippen LogP contribution in [-0.4, -0.2) is 4.37 Å². The second-order valence-corrected chi connectivity index (χ2v) is 12.0. The third-order valence-electron chi connectivity index (χ3n) is 7.75. The molecule has 174 valence electrons. The summed E-state index contributed by atoms with van der Waals surface area (Å²) >= 11 is 4.91. The number of hydrogen-bond donors (Lipinski definition) is 0. The lowest BCUT2D eigenvalue weighted by Crippen LogP contribution is -2.02. The molecule has 33 heavy (non-hydrogen) atoms. The Morgan fingerprint density at radius 3 is 1.36 bits per heavy atom. The number of hydrogen-bond acceptors (Lipinski definition) is 5. The predicted octanol–water partition coefficient (Wildman–Crippen LogP) is 8.68. The van der Waals surface area contributed by atoms with E-state index in [2.05, 4.69) is 75.3 Å². The van der Waals surface area contributed by atoms with Crippen molar-refractivity contribution in [3.05, 3.63) is 72.3 Å². The lowest BCUT2D eigenvalue weighted by Gasteiger charge is -2.18. The summed E-state index contributed by atoms with van der Waals surface area (Å²) in [6.07, 6.45) is 0. The Bertz CT molecular complexity index is 1130. The van der Waals surface area contributed by atoms with Gasteiger partial charge in [-0.15, -0.1) is 11.8 Å². The van der Waals surface area contributed by atoms with Gasteiger partial charge in [-0.25, -0.2) is 0 Å². The molecule has 0 fully saturated rings. The van der Waals surface area contributed by atoms with Crippen molar-refractivity contribution < 1.29 is 0 Å². The summed E-state index contributed by atoms with van der Waals surface area (Å²) in [6.45, 7) is 22.1. The molecule has 1 aromatic heterocycles. The number of nitrogens with zero attached hydrogens (tertiary/aromatic N) is 2. The van der Waals surface area contributed by atoms with Crippen LogP contribution in [0.15, 0.2) is 9.24 Å². The highest BCUT2D eigenvalue weighted by atomic mass is 32.2. The average molecular weight is 495 g/mol. The molecule has 1 heterocycles. The Balaban J connectivity index is 1.84. The highest BCUT2D eigenvalue weighted by Gasteiger charge is 2.19. The first-order valence-corrected chi connectivity index (χ1v) is 14.0. The number of nitriles is 1. The van der Waals surface area contributed by atoms with Crippen molar-refractivity contribution in [1.29, 1.82) is 5.26 Å². The summed E-state index contributed by atoms with van der Waals surface area (Å²) in [6, 6.07) is 2.45. The van der Waals surface area contributed by atoms with E-state index in [0.717, 1.165) is 26.3 Å². The van der Waals surface area contributed by atoms with E-state index in [4.69, 9.17) is 4.37 Å². The molecule has 0 saturated heterocycles. The maximum atomic E-state index is 9.94. The van der Waals surface area contributed by atoms with Crippen molar-refractivity contribution in [3.63, 3.8) is 0 Å². The summed E-state index contributed by atoms with van der Waals surface area (Å²) < 4.78 is 5.72. The molecular formula is C28H34N2S3. The van der Waals surface area contributed by atoms with E-state index in [1.165, 1.54) is 78.3 Å². The zero-order chi connectivity index (χ0) is 24.6. The summed E-state index contributed by atoms with van der Waals surface area (Å²) in [5, 5.41) is 10.8. The summed E-state index contributed by atoms with van der Waals surface area (Å²) in [4.78, 5) is 0. The van der Waals surface area contributed by atoms with Crippen LogP contribution >= 0.6 is 35.1 Å². The standard InChI is InChI=1S/C28H34N2S3/c1-14-16(3)20(7)25(21(8)17(14)4)12-31-27-24(11-29)28(33-30-27)32-13-26-22(9)18(5)15(2)19(6)23(26)10/h12-13H2,1-10H3. The SMILES string of the molecule is Cc1c(C)c(C)c(CSc2nsc(SCc3c(C)c(C)c(C)c(C)c3C)c2C#N)c(C)c1C. The van der Waals surface area contributed by atoms with Gasteiger partial charge in [0.1, 0.15) is 16.7 Å². The molecule has 3 aromatic rings. The summed E-state index contributed by atoms with van der Waals surface area (Å²) in [7, 11) is 0. The molecule has 0 atom stereocenters. The van der Waals surface area contributed by atoms with Crippen LogP contribution in [-0.2, 0) is 11.5 Å². The van der Waals surface area contributed by atoms with Crippen LogP contribution in [0.25, 0.3) is 0 Å². The topological polar surface area (TPSA) is 36.7 Å². The number of benzene rings is 2. The van der Waals surface area contributed by atoms with Crippen LogP contribution in [0.5, 0.6) is 0 Å². The van der Waals surface area contributed by atoms with Gasteiger partial charge in [0, 0.05) is 11.5 Å². The zero-order valence-corrected chi connectivity index (χ0v) is 24.0. The van der Waals surface area contributed by atoms with Gasteiger partial charge in [0.2, 0.25) is 0 Å². The molecule has 0 unspecified atom stereocenters. The van der Waals surface area contributed by atoms with Crippen molar-refractivity contribution in [3.8, 4) is 6.07 Å². The first-order valence-electron chi connectivity index (χ1n) is 11.3. The van der Waals surface area contributed by atoms with Crippen molar-refractivity contribution in [2.24, 2.45) is 0 Å². The maximum Gasteiger partial charge on any atom is 0.129 e. The van der Waals surface area contributed by atoms with Gasteiger partial charge in [0.05, 0.1) is 4.21 Å². The van der Waals surface area contributed by atoms with Crippen LogP contribution in [0, 0.1) is 80.6 Å². The van der Waals surface area contributed by atoms with Gasteiger partial charge < -0.3 is 0 Å². The molecule has 2 aromatic carbocycles. The Morgan fingerprint density at radius 2 is 0.970 bits per heavy atom. The van der Waals surface area contributed by atoms with E-state index in [0.29, 0.717) is 0 Å². The minimum atomic E-state index is 0.738. The van der Waals surface area contributed by atoms with Crippen LogP contribution in [0.3, 0.4) is 0 Å². The molecule has 0 aliphatic rings. The number of aromatic nitrogens is 1. The monoisotopic (exact) mass is 494 g/mol. The smallest absolute Gasteiger partial charge is 0.129 e. The van der Waals surface area contributed by atoms with E-state index < -0.39 is 0 Å². The van der Waals surface area contributed by atoms with Crippen LogP contribution in [0.2, 0.25) is 0 Å². The highest BCUT2D eigenvalue weighted by molar-refractivity contribution is 8.00. The van der Waals surface area contributed by atoms with Gasteiger partial charge >= 0.3 is 0 Å². The highest BCUT2D eigenvalue weighted by Crippen LogP contribution is 2.39. The van der Waals surface area contributed by atoms with E-state index >= 15 is 0 Å². The maximum absolute atomic E-state index is 9.94. The molecule has 0 bridgehead atoms. The molecule has 0 saturated carbocycles. The Labute approximate surface area is 212 Å². The normalized spacial score (nSPS) is 11.2. The molecule has 0 N–H and O–H groups in total. The molecule has 3 rings (SSSR count). The largest absolute Gasteiger partial charge is 0.192 e. The van der Waals surface area contributed by atoms with Gasteiger partial charge in [-0.2, -0.15) is 9.64 Å². The first kappa shape index (κ1) is 25.9.